The zero-order chi connectivity index (χ0) is 15.9. The zero-order valence-electron chi connectivity index (χ0n) is 13.6. The minimum absolute atomic E-state index is 0.0202. The van der Waals surface area contributed by atoms with Gasteiger partial charge >= 0.3 is 0 Å². The van der Waals surface area contributed by atoms with E-state index >= 15 is 0 Å². The first-order valence-corrected chi connectivity index (χ1v) is 7.90. The SMILES string of the molecule is CNCC(C)C(=O)Nc1ccc(OC2CCOCC2)c(C)c1. The van der Waals surface area contributed by atoms with Crippen molar-refractivity contribution in [3.63, 3.8) is 0 Å². The van der Waals surface area contributed by atoms with Gasteiger partial charge in [0.2, 0.25) is 5.91 Å². The van der Waals surface area contributed by atoms with E-state index < -0.39 is 0 Å². The Kier molecular flexibility index (Phi) is 6.21. The molecule has 0 spiro atoms. The minimum Gasteiger partial charge on any atom is -0.490 e. The fourth-order valence-electron chi connectivity index (χ4n) is 2.50. The third kappa shape index (κ3) is 4.71. The summed E-state index contributed by atoms with van der Waals surface area (Å²) >= 11 is 0. The Morgan fingerprint density at radius 3 is 2.77 bits per heavy atom. The topological polar surface area (TPSA) is 59.6 Å². The molecule has 1 aromatic carbocycles. The van der Waals surface area contributed by atoms with Gasteiger partial charge in [-0.1, -0.05) is 6.92 Å². The van der Waals surface area contributed by atoms with E-state index in [-0.39, 0.29) is 17.9 Å². The first kappa shape index (κ1) is 16.8. The van der Waals surface area contributed by atoms with Crippen molar-refractivity contribution in [3.05, 3.63) is 23.8 Å². The zero-order valence-corrected chi connectivity index (χ0v) is 13.6. The molecule has 1 aliphatic rings. The summed E-state index contributed by atoms with van der Waals surface area (Å²) in [4.78, 5) is 12.0. The first-order chi connectivity index (χ1) is 10.6. The summed E-state index contributed by atoms with van der Waals surface area (Å²) in [5, 5.41) is 5.95. The lowest BCUT2D eigenvalue weighted by molar-refractivity contribution is -0.119. The predicted molar refractivity (Wildman–Crippen MR) is 87.4 cm³/mol. The number of carbonyl (C=O) groups is 1. The van der Waals surface area contributed by atoms with E-state index in [1.165, 1.54) is 0 Å². The quantitative estimate of drug-likeness (QED) is 0.847. The maximum Gasteiger partial charge on any atom is 0.228 e. The van der Waals surface area contributed by atoms with Crippen LogP contribution in [-0.2, 0) is 9.53 Å². The van der Waals surface area contributed by atoms with Gasteiger partial charge in [0.15, 0.2) is 0 Å². The minimum atomic E-state index is -0.0662. The number of hydrogen-bond donors (Lipinski definition) is 2. The molecule has 5 nitrogen and oxygen atoms in total. The number of amides is 1. The second kappa shape index (κ2) is 8.15. The summed E-state index contributed by atoms with van der Waals surface area (Å²) in [6, 6.07) is 5.79. The molecular formula is C17H26N2O3. The molecule has 1 atom stereocenters. The molecule has 1 unspecified atom stereocenters. The van der Waals surface area contributed by atoms with Crippen LogP contribution in [0.5, 0.6) is 5.75 Å². The number of anilines is 1. The van der Waals surface area contributed by atoms with Crippen molar-refractivity contribution >= 4 is 11.6 Å². The van der Waals surface area contributed by atoms with Crippen molar-refractivity contribution < 1.29 is 14.3 Å². The standard InChI is InChI=1S/C17H26N2O3/c1-12-10-14(19-17(20)13(2)11-18-3)4-5-16(12)22-15-6-8-21-9-7-15/h4-5,10,13,15,18H,6-9,11H2,1-3H3,(H,19,20). The van der Waals surface area contributed by atoms with Crippen molar-refractivity contribution in [3.8, 4) is 5.75 Å². The van der Waals surface area contributed by atoms with Gasteiger partial charge in [-0.2, -0.15) is 0 Å². The average molecular weight is 306 g/mol. The molecule has 0 radical (unpaired) electrons. The van der Waals surface area contributed by atoms with Crippen LogP contribution in [0, 0.1) is 12.8 Å². The molecule has 2 rings (SSSR count). The molecule has 5 heteroatoms. The highest BCUT2D eigenvalue weighted by Gasteiger charge is 2.17. The Hall–Kier alpha value is -1.59. The summed E-state index contributed by atoms with van der Waals surface area (Å²) in [5.74, 6) is 0.837. The van der Waals surface area contributed by atoms with Gasteiger partial charge in [0.25, 0.3) is 0 Å². The Morgan fingerprint density at radius 2 is 2.14 bits per heavy atom. The van der Waals surface area contributed by atoms with Crippen LogP contribution in [-0.4, -0.2) is 38.8 Å². The van der Waals surface area contributed by atoms with Crippen LogP contribution in [0.2, 0.25) is 0 Å². The van der Waals surface area contributed by atoms with Gasteiger partial charge in [0.1, 0.15) is 11.9 Å². The molecule has 22 heavy (non-hydrogen) atoms. The van der Waals surface area contributed by atoms with Crippen molar-refractivity contribution in [2.75, 3.05) is 32.1 Å². The molecule has 2 N–H and O–H groups in total. The lowest BCUT2D eigenvalue weighted by Crippen LogP contribution is -2.28. The van der Waals surface area contributed by atoms with Gasteiger partial charge in [-0.3, -0.25) is 4.79 Å². The molecule has 122 valence electrons. The normalized spacial score (nSPS) is 17.0. The van der Waals surface area contributed by atoms with E-state index in [2.05, 4.69) is 10.6 Å². The van der Waals surface area contributed by atoms with E-state index in [0.29, 0.717) is 6.54 Å². The van der Waals surface area contributed by atoms with E-state index in [9.17, 15) is 4.79 Å². The van der Waals surface area contributed by atoms with Crippen LogP contribution in [0.4, 0.5) is 5.69 Å². The van der Waals surface area contributed by atoms with Gasteiger partial charge in [0, 0.05) is 31.0 Å². The number of ether oxygens (including phenoxy) is 2. The highest BCUT2D eigenvalue weighted by atomic mass is 16.5. The van der Waals surface area contributed by atoms with Crippen LogP contribution >= 0.6 is 0 Å². The first-order valence-electron chi connectivity index (χ1n) is 7.90. The van der Waals surface area contributed by atoms with Crippen LogP contribution in [0.3, 0.4) is 0 Å². The van der Waals surface area contributed by atoms with Crippen LogP contribution in [0.1, 0.15) is 25.3 Å². The summed E-state index contributed by atoms with van der Waals surface area (Å²) in [5.41, 5.74) is 1.84. The molecule has 1 amide bonds. The second-order valence-electron chi connectivity index (χ2n) is 5.86. The lowest BCUT2D eigenvalue weighted by atomic mass is 10.1. The van der Waals surface area contributed by atoms with Gasteiger partial charge < -0.3 is 20.1 Å². The number of nitrogens with one attached hydrogen (secondary N) is 2. The van der Waals surface area contributed by atoms with Gasteiger partial charge in [0.05, 0.1) is 13.2 Å². The van der Waals surface area contributed by atoms with E-state index in [4.69, 9.17) is 9.47 Å². The molecule has 1 fully saturated rings. The third-order valence-electron chi connectivity index (χ3n) is 3.86. The predicted octanol–water partition coefficient (Wildman–Crippen LogP) is 2.35. The molecule has 0 aliphatic carbocycles. The lowest BCUT2D eigenvalue weighted by Gasteiger charge is -2.24. The molecule has 1 aromatic rings. The van der Waals surface area contributed by atoms with Gasteiger partial charge in [-0.15, -0.1) is 0 Å². The molecule has 1 saturated heterocycles. The Bertz CT molecular complexity index is 499. The van der Waals surface area contributed by atoms with E-state index in [0.717, 1.165) is 43.1 Å². The van der Waals surface area contributed by atoms with Crippen molar-refractivity contribution in [1.29, 1.82) is 0 Å². The van der Waals surface area contributed by atoms with E-state index in [1.54, 1.807) is 0 Å². The molecule has 1 heterocycles. The fraction of sp³-hybridized carbons (Fsp3) is 0.588. The van der Waals surface area contributed by atoms with Crippen molar-refractivity contribution in [2.45, 2.75) is 32.8 Å². The largest absolute Gasteiger partial charge is 0.490 e. The highest BCUT2D eigenvalue weighted by molar-refractivity contribution is 5.92. The smallest absolute Gasteiger partial charge is 0.228 e. The summed E-state index contributed by atoms with van der Waals surface area (Å²) in [6.07, 6.45) is 2.09. The molecule has 0 saturated carbocycles. The van der Waals surface area contributed by atoms with Crippen LogP contribution in [0.25, 0.3) is 0 Å². The molecule has 1 aliphatic heterocycles. The Balaban J connectivity index is 1.95. The Morgan fingerprint density at radius 1 is 1.41 bits per heavy atom. The summed E-state index contributed by atoms with van der Waals surface area (Å²) in [7, 11) is 1.84. The second-order valence-corrected chi connectivity index (χ2v) is 5.86. The maximum atomic E-state index is 12.0. The van der Waals surface area contributed by atoms with Crippen LogP contribution in [0.15, 0.2) is 18.2 Å². The number of hydrogen-bond acceptors (Lipinski definition) is 4. The number of aryl methyl sites for hydroxylation is 1. The van der Waals surface area contributed by atoms with Crippen molar-refractivity contribution in [2.24, 2.45) is 5.92 Å². The maximum absolute atomic E-state index is 12.0. The fourth-order valence-corrected chi connectivity index (χ4v) is 2.50. The molecular weight excluding hydrogens is 280 g/mol. The van der Waals surface area contributed by atoms with Gasteiger partial charge in [-0.25, -0.2) is 0 Å². The van der Waals surface area contributed by atoms with Gasteiger partial charge in [-0.05, 0) is 37.7 Å². The highest BCUT2D eigenvalue weighted by Crippen LogP contribution is 2.25. The molecule has 0 aromatic heterocycles. The number of benzene rings is 1. The summed E-state index contributed by atoms with van der Waals surface area (Å²) in [6.45, 7) is 6.10. The van der Waals surface area contributed by atoms with E-state index in [1.807, 2.05) is 39.1 Å². The Labute approximate surface area is 132 Å². The third-order valence-corrected chi connectivity index (χ3v) is 3.86. The summed E-state index contributed by atoms with van der Waals surface area (Å²) < 4.78 is 11.4. The number of carbonyl (C=O) groups excluding carboxylic acids is 1. The average Bonchev–Trinajstić information content (AvgIpc) is 2.51. The molecule has 0 bridgehead atoms. The van der Waals surface area contributed by atoms with Crippen molar-refractivity contribution in [1.82, 2.24) is 5.32 Å². The number of rotatable bonds is 6. The monoisotopic (exact) mass is 306 g/mol. The van der Waals surface area contributed by atoms with Crippen LogP contribution < -0.4 is 15.4 Å².